The summed E-state index contributed by atoms with van der Waals surface area (Å²) in [4.78, 5) is 0. The SMILES string of the molecule is C=C(C)C(c1ccccc1)c1ccc2c(c1)C(c1ccccc1)(c1ccccc1)c1ccccc1-2. The molecule has 6 rings (SSSR count). The lowest BCUT2D eigenvalue weighted by molar-refractivity contribution is 0.765. The van der Waals surface area contributed by atoms with E-state index < -0.39 is 0 Å². The van der Waals surface area contributed by atoms with Crippen LogP contribution >= 0.6 is 0 Å². The van der Waals surface area contributed by atoms with Gasteiger partial charge in [0.2, 0.25) is 0 Å². The Hall–Kier alpha value is -4.16. The van der Waals surface area contributed by atoms with Gasteiger partial charge in [0, 0.05) is 5.92 Å². The Balaban J connectivity index is 1.69. The Morgan fingerprint density at radius 1 is 0.543 bits per heavy atom. The maximum Gasteiger partial charge on any atom is 0.0713 e. The predicted octanol–water partition coefficient (Wildman–Crippen LogP) is 8.76. The second kappa shape index (κ2) is 8.56. The second-order valence-corrected chi connectivity index (χ2v) is 9.52. The van der Waals surface area contributed by atoms with Crippen LogP contribution in [0.3, 0.4) is 0 Å². The number of hydrogen-bond acceptors (Lipinski definition) is 0. The molecule has 0 N–H and O–H groups in total. The molecule has 5 aromatic carbocycles. The van der Waals surface area contributed by atoms with Crippen LogP contribution in [0.2, 0.25) is 0 Å². The summed E-state index contributed by atoms with van der Waals surface area (Å²) in [5.74, 6) is 0.148. The minimum atomic E-state index is -0.374. The van der Waals surface area contributed by atoms with Crippen LogP contribution in [0.4, 0.5) is 0 Å². The van der Waals surface area contributed by atoms with Crippen molar-refractivity contribution in [3.8, 4) is 11.1 Å². The van der Waals surface area contributed by atoms with Crippen LogP contribution in [0.5, 0.6) is 0 Å². The molecular weight excluding hydrogens is 420 g/mol. The summed E-state index contributed by atoms with van der Waals surface area (Å²) >= 11 is 0. The molecule has 0 amide bonds. The molecule has 168 valence electrons. The molecule has 0 spiro atoms. The first kappa shape index (κ1) is 21.4. The molecule has 0 aromatic heterocycles. The van der Waals surface area contributed by atoms with Crippen molar-refractivity contribution >= 4 is 0 Å². The van der Waals surface area contributed by atoms with Gasteiger partial charge in [-0.25, -0.2) is 0 Å². The van der Waals surface area contributed by atoms with E-state index in [9.17, 15) is 0 Å². The molecule has 0 fully saturated rings. The van der Waals surface area contributed by atoms with E-state index in [0.29, 0.717) is 0 Å². The normalized spacial score (nSPS) is 14.1. The molecule has 0 heteroatoms. The van der Waals surface area contributed by atoms with Crippen LogP contribution in [-0.2, 0) is 5.41 Å². The summed E-state index contributed by atoms with van der Waals surface area (Å²) in [7, 11) is 0. The molecule has 0 bridgehead atoms. The predicted molar refractivity (Wildman–Crippen MR) is 147 cm³/mol. The molecule has 0 nitrogen and oxygen atoms in total. The van der Waals surface area contributed by atoms with E-state index >= 15 is 0 Å². The third kappa shape index (κ3) is 3.29. The molecule has 0 saturated carbocycles. The Bertz CT molecular complexity index is 1450. The molecule has 1 unspecified atom stereocenters. The third-order valence-corrected chi connectivity index (χ3v) is 7.44. The van der Waals surface area contributed by atoms with E-state index in [-0.39, 0.29) is 11.3 Å². The van der Waals surface area contributed by atoms with Crippen molar-refractivity contribution in [3.05, 3.63) is 179 Å². The Morgan fingerprint density at radius 2 is 1.06 bits per heavy atom. The zero-order chi connectivity index (χ0) is 23.8. The van der Waals surface area contributed by atoms with Gasteiger partial charge in [-0.2, -0.15) is 0 Å². The lowest BCUT2D eigenvalue weighted by Gasteiger charge is -2.34. The number of rotatable bonds is 5. The topological polar surface area (TPSA) is 0 Å². The summed E-state index contributed by atoms with van der Waals surface area (Å²) in [5.41, 5.74) is 11.2. The Morgan fingerprint density at radius 3 is 1.66 bits per heavy atom. The fourth-order valence-corrected chi connectivity index (χ4v) is 6.05. The summed E-state index contributed by atoms with van der Waals surface area (Å²) in [6.45, 7) is 6.53. The number of allylic oxidation sites excluding steroid dienone is 1. The minimum absolute atomic E-state index is 0.148. The molecule has 0 heterocycles. The van der Waals surface area contributed by atoms with Crippen LogP contribution < -0.4 is 0 Å². The summed E-state index contributed by atoms with van der Waals surface area (Å²) in [6, 6.07) is 48.7. The molecule has 1 atom stereocenters. The van der Waals surface area contributed by atoms with E-state index in [1.807, 2.05) is 0 Å². The second-order valence-electron chi connectivity index (χ2n) is 9.52. The van der Waals surface area contributed by atoms with Crippen LogP contribution in [0.15, 0.2) is 146 Å². The van der Waals surface area contributed by atoms with Gasteiger partial charge >= 0.3 is 0 Å². The van der Waals surface area contributed by atoms with Gasteiger partial charge in [-0.3, -0.25) is 0 Å². The molecule has 0 radical (unpaired) electrons. The van der Waals surface area contributed by atoms with Crippen molar-refractivity contribution in [2.24, 2.45) is 0 Å². The van der Waals surface area contributed by atoms with E-state index in [4.69, 9.17) is 0 Å². The van der Waals surface area contributed by atoms with Crippen LogP contribution in [0, 0.1) is 0 Å². The highest BCUT2D eigenvalue weighted by molar-refractivity contribution is 5.86. The highest BCUT2D eigenvalue weighted by Crippen LogP contribution is 2.56. The van der Waals surface area contributed by atoms with Crippen molar-refractivity contribution in [1.29, 1.82) is 0 Å². The number of benzene rings is 5. The molecule has 1 aliphatic carbocycles. The smallest absolute Gasteiger partial charge is 0.0713 e. The molecule has 35 heavy (non-hydrogen) atoms. The van der Waals surface area contributed by atoms with E-state index in [1.54, 1.807) is 0 Å². The van der Waals surface area contributed by atoms with Gasteiger partial charge in [-0.1, -0.05) is 146 Å². The summed E-state index contributed by atoms with van der Waals surface area (Å²) in [6.07, 6.45) is 0. The standard InChI is InChI=1S/C35H28/c1-25(2)34(26-14-6-3-7-15-26)27-22-23-31-30-20-12-13-21-32(30)35(33(31)24-27,28-16-8-4-9-17-28)29-18-10-5-11-19-29/h3-24,34H,1H2,2H3. The van der Waals surface area contributed by atoms with Gasteiger partial charge in [0.25, 0.3) is 0 Å². The Labute approximate surface area is 208 Å². The van der Waals surface area contributed by atoms with Crippen LogP contribution in [-0.4, -0.2) is 0 Å². The van der Waals surface area contributed by atoms with E-state index in [0.717, 1.165) is 5.57 Å². The molecule has 0 aliphatic heterocycles. The Kier molecular flexibility index (Phi) is 5.23. The lowest BCUT2D eigenvalue weighted by atomic mass is 9.67. The van der Waals surface area contributed by atoms with Crippen molar-refractivity contribution in [3.63, 3.8) is 0 Å². The third-order valence-electron chi connectivity index (χ3n) is 7.44. The fraction of sp³-hybridized carbons (Fsp3) is 0.0857. The fourth-order valence-electron chi connectivity index (χ4n) is 6.05. The van der Waals surface area contributed by atoms with Crippen LogP contribution in [0.1, 0.15) is 46.2 Å². The molecule has 5 aromatic rings. The number of fused-ring (bicyclic) bond motifs is 3. The first-order valence-corrected chi connectivity index (χ1v) is 12.3. The van der Waals surface area contributed by atoms with Gasteiger partial charge in [0.1, 0.15) is 0 Å². The van der Waals surface area contributed by atoms with Gasteiger partial charge in [-0.05, 0) is 51.4 Å². The van der Waals surface area contributed by atoms with Crippen LogP contribution in [0.25, 0.3) is 11.1 Å². The average molecular weight is 449 g/mol. The van der Waals surface area contributed by atoms with E-state index in [2.05, 4.69) is 147 Å². The van der Waals surface area contributed by atoms with Crippen molar-refractivity contribution in [1.82, 2.24) is 0 Å². The zero-order valence-electron chi connectivity index (χ0n) is 20.0. The van der Waals surface area contributed by atoms with Crippen molar-refractivity contribution in [2.75, 3.05) is 0 Å². The molecule has 1 aliphatic rings. The summed E-state index contributed by atoms with van der Waals surface area (Å²) in [5, 5.41) is 0. The summed E-state index contributed by atoms with van der Waals surface area (Å²) < 4.78 is 0. The molecular formula is C35H28. The largest absolute Gasteiger partial charge is 0.0992 e. The maximum absolute atomic E-state index is 4.39. The van der Waals surface area contributed by atoms with E-state index in [1.165, 1.54) is 44.5 Å². The van der Waals surface area contributed by atoms with Gasteiger partial charge in [-0.15, -0.1) is 0 Å². The van der Waals surface area contributed by atoms with Gasteiger partial charge < -0.3 is 0 Å². The monoisotopic (exact) mass is 448 g/mol. The average Bonchev–Trinajstić information content (AvgIpc) is 3.21. The molecule has 0 saturated heterocycles. The highest BCUT2D eigenvalue weighted by Gasteiger charge is 2.46. The maximum atomic E-state index is 4.39. The van der Waals surface area contributed by atoms with Crippen molar-refractivity contribution < 1.29 is 0 Å². The minimum Gasteiger partial charge on any atom is -0.0992 e. The number of hydrogen-bond donors (Lipinski definition) is 0. The highest BCUT2D eigenvalue weighted by atomic mass is 14.5. The lowest BCUT2D eigenvalue weighted by Crippen LogP contribution is -2.28. The van der Waals surface area contributed by atoms with Crippen molar-refractivity contribution in [2.45, 2.75) is 18.3 Å². The quantitative estimate of drug-likeness (QED) is 0.231. The first-order valence-electron chi connectivity index (χ1n) is 12.3. The van der Waals surface area contributed by atoms with Gasteiger partial charge in [0.15, 0.2) is 0 Å². The zero-order valence-corrected chi connectivity index (χ0v) is 20.0. The van der Waals surface area contributed by atoms with Gasteiger partial charge in [0.05, 0.1) is 5.41 Å². The first-order chi connectivity index (χ1) is 17.2.